The lowest BCUT2D eigenvalue weighted by Gasteiger charge is -2.26. The number of anilines is 1. The van der Waals surface area contributed by atoms with Crippen LogP contribution < -0.4 is 15.5 Å². The second-order valence-corrected chi connectivity index (χ2v) is 8.25. The van der Waals surface area contributed by atoms with Gasteiger partial charge in [-0.15, -0.1) is 0 Å². The first-order valence-corrected chi connectivity index (χ1v) is 11.1. The monoisotopic (exact) mass is 402 g/mol. The highest BCUT2D eigenvalue weighted by Crippen LogP contribution is 2.21. The van der Waals surface area contributed by atoms with Gasteiger partial charge in [0.1, 0.15) is 0 Å². The van der Waals surface area contributed by atoms with E-state index in [2.05, 4.69) is 43.5 Å². The topological polar surface area (TPSA) is 77.0 Å². The van der Waals surface area contributed by atoms with Gasteiger partial charge in [-0.2, -0.15) is 0 Å². The van der Waals surface area contributed by atoms with E-state index < -0.39 is 0 Å². The van der Waals surface area contributed by atoms with Gasteiger partial charge >= 0.3 is 0 Å². The molecule has 1 fully saturated rings. The Labute approximate surface area is 175 Å². The summed E-state index contributed by atoms with van der Waals surface area (Å²) in [6.07, 6.45) is 4.62. The number of guanidine groups is 1. The van der Waals surface area contributed by atoms with Crippen molar-refractivity contribution < 1.29 is 9.90 Å². The average molecular weight is 403 g/mol. The summed E-state index contributed by atoms with van der Waals surface area (Å²) >= 11 is 0. The molecule has 6 nitrogen and oxygen atoms in total. The number of aliphatic hydroxyl groups is 1. The summed E-state index contributed by atoms with van der Waals surface area (Å²) in [6.45, 7) is 9.71. The maximum Gasteiger partial charge on any atom is 0.226 e. The standard InChI is InChI=1S/C23H38N4O2/c1-4-24-23(26-17-20(12-14-28)15-18(2)3)25-16-19-8-10-21(11-9-19)27-13-6-5-7-22(27)29/h8-11,18,20,28H,4-7,12-17H2,1-3H3,(H2,24,25,26). The number of hydrogen-bond acceptors (Lipinski definition) is 3. The number of carbonyl (C=O) groups excluding carboxylic acids is 1. The van der Waals surface area contributed by atoms with Gasteiger partial charge in [-0.25, -0.2) is 4.99 Å². The number of aliphatic hydroxyl groups excluding tert-OH is 1. The van der Waals surface area contributed by atoms with Crippen molar-refractivity contribution in [2.45, 2.75) is 59.4 Å². The molecule has 162 valence electrons. The molecule has 0 aliphatic carbocycles. The zero-order chi connectivity index (χ0) is 21.1. The third-order valence-electron chi connectivity index (χ3n) is 5.24. The highest BCUT2D eigenvalue weighted by molar-refractivity contribution is 5.93. The Balaban J connectivity index is 1.93. The Bertz CT molecular complexity index is 643. The number of rotatable bonds is 10. The second kappa shape index (κ2) is 12.5. The number of nitrogens with one attached hydrogen (secondary N) is 2. The molecule has 1 amide bonds. The van der Waals surface area contributed by atoms with E-state index in [4.69, 9.17) is 4.99 Å². The number of aliphatic imine (C=N–C) groups is 1. The van der Waals surface area contributed by atoms with Crippen molar-refractivity contribution in [1.82, 2.24) is 10.6 Å². The van der Waals surface area contributed by atoms with E-state index in [0.717, 1.165) is 62.5 Å². The molecule has 1 saturated heterocycles. The molecule has 29 heavy (non-hydrogen) atoms. The van der Waals surface area contributed by atoms with Crippen molar-refractivity contribution >= 4 is 17.6 Å². The van der Waals surface area contributed by atoms with Crippen LogP contribution in [0.4, 0.5) is 5.69 Å². The first-order chi connectivity index (χ1) is 14.0. The fraction of sp³-hybridized carbons (Fsp3) is 0.652. The number of amides is 1. The van der Waals surface area contributed by atoms with Crippen LogP contribution in [0.1, 0.15) is 58.4 Å². The number of hydrogen-bond donors (Lipinski definition) is 3. The van der Waals surface area contributed by atoms with Crippen LogP contribution in [0.5, 0.6) is 0 Å². The molecule has 0 saturated carbocycles. The molecule has 1 heterocycles. The molecule has 0 bridgehead atoms. The number of carbonyl (C=O) groups is 1. The normalized spacial score (nSPS) is 16.2. The van der Waals surface area contributed by atoms with Crippen LogP contribution in [0.2, 0.25) is 0 Å². The number of nitrogens with zero attached hydrogens (tertiary/aromatic N) is 2. The molecule has 1 aliphatic heterocycles. The molecule has 3 N–H and O–H groups in total. The minimum atomic E-state index is 0.221. The molecule has 1 unspecified atom stereocenters. The number of benzene rings is 1. The van der Waals surface area contributed by atoms with E-state index in [1.54, 1.807) is 0 Å². The maximum atomic E-state index is 12.1. The fourth-order valence-corrected chi connectivity index (χ4v) is 3.77. The Kier molecular flexibility index (Phi) is 9.98. The van der Waals surface area contributed by atoms with Gasteiger partial charge in [0.2, 0.25) is 5.91 Å². The lowest BCUT2D eigenvalue weighted by molar-refractivity contribution is -0.119. The van der Waals surface area contributed by atoms with Gasteiger partial charge in [-0.1, -0.05) is 26.0 Å². The van der Waals surface area contributed by atoms with E-state index in [0.29, 0.717) is 24.8 Å². The first-order valence-electron chi connectivity index (χ1n) is 11.1. The first kappa shape index (κ1) is 23.2. The molecule has 2 rings (SSSR count). The Morgan fingerprint density at radius 1 is 1.21 bits per heavy atom. The summed E-state index contributed by atoms with van der Waals surface area (Å²) in [5.74, 6) is 2.07. The van der Waals surface area contributed by atoms with E-state index in [1.807, 2.05) is 17.0 Å². The largest absolute Gasteiger partial charge is 0.396 e. The van der Waals surface area contributed by atoms with Gasteiger partial charge in [0.15, 0.2) is 5.96 Å². The van der Waals surface area contributed by atoms with Crippen LogP contribution in [0.3, 0.4) is 0 Å². The molecule has 1 atom stereocenters. The number of piperidine rings is 1. The van der Waals surface area contributed by atoms with Crippen LogP contribution in [0.25, 0.3) is 0 Å². The zero-order valence-electron chi connectivity index (χ0n) is 18.3. The van der Waals surface area contributed by atoms with Gasteiger partial charge in [0.25, 0.3) is 0 Å². The van der Waals surface area contributed by atoms with Crippen molar-refractivity contribution in [2.75, 3.05) is 31.1 Å². The fourth-order valence-electron chi connectivity index (χ4n) is 3.77. The molecule has 1 aromatic carbocycles. The molecular formula is C23H38N4O2. The van der Waals surface area contributed by atoms with Gasteiger partial charge < -0.3 is 20.6 Å². The minimum Gasteiger partial charge on any atom is -0.396 e. The van der Waals surface area contributed by atoms with Crippen LogP contribution in [-0.2, 0) is 11.3 Å². The Morgan fingerprint density at radius 2 is 1.97 bits per heavy atom. The van der Waals surface area contributed by atoms with Crippen molar-refractivity contribution in [1.29, 1.82) is 0 Å². The van der Waals surface area contributed by atoms with Crippen LogP contribution in [-0.4, -0.2) is 43.2 Å². The SMILES string of the molecule is CCNC(=NCc1ccc(N2CCCCC2=O)cc1)NCC(CCO)CC(C)C. The molecule has 0 radical (unpaired) electrons. The Hall–Kier alpha value is -2.08. The van der Waals surface area contributed by atoms with Crippen molar-refractivity contribution in [2.24, 2.45) is 16.8 Å². The van der Waals surface area contributed by atoms with Gasteiger partial charge in [-0.3, -0.25) is 4.79 Å². The smallest absolute Gasteiger partial charge is 0.226 e. The third kappa shape index (κ3) is 8.05. The summed E-state index contributed by atoms with van der Waals surface area (Å²) in [7, 11) is 0. The van der Waals surface area contributed by atoms with E-state index in [9.17, 15) is 9.90 Å². The van der Waals surface area contributed by atoms with Gasteiger partial charge in [0, 0.05) is 38.3 Å². The zero-order valence-corrected chi connectivity index (χ0v) is 18.3. The van der Waals surface area contributed by atoms with Crippen molar-refractivity contribution in [3.05, 3.63) is 29.8 Å². The predicted octanol–water partition coefficient (Wildman–Crippen LogP) is 3.30. The summed E-state index contributed by atoms with van der Waals surface area (Å²) in [5, 5.41) is 16.0. The third-order valence-corrected chi connectivity index (χ3v) is 5.24. The molecule has 6 heteroatoms. The quantitative estimate of drug-likeness (QED) is 0.415. The average Bonchev–Trinajstić information content (AvgIpc) is 2.70. The lowest BCUT2D eigenvalue weighted by Crippen LogP contribution is -2.40. The Morgan fingerprint density at radius 3 is 2.59 bits per heavy atom. The summed E-state index contributed by atoms with van der Waals surface area (Å²) in [4.78, 5) is 18.7. The predicted molar refractivity (Wildman–Crippen MR) is 120 cm³/mol. The molecular weight excluding hydrogens is 364 g/mol. The van der Waals surface area contributed by atoms with E-state index >= 15 is 0 Å². The van der Waals surface area contributed by atoms with Gasteiger partial charge in [-0.05, 0) is 62.1 Å². The maximum absolute atomic E-state index is 12.1. The van der Waals surface area contributed by atoms with Crippen molar-refractivity contribution in [3.8, 4) is 0 Å². The van der Waals surface area contributed by atoms with Crippen LogP contribution >= 0.6 is 0 Å². The van der Waals surface area contributed by atoms with Crippen LogP contribution in [0, 0.1) is 11.8 Å². The molecule has 0 spiro atoms. The lowest BCUT2D eigenvalue weighted by atomic mass is 9.94. The minimum absolute atomic E-state index is 0.221. The van der Waals surface area contributed by atoms with E-state index in [-0.39, 0.29) is 12.5 Å². The summed E-state index contributed by atoms with van der Waals surface area (Å²) < 4.78 is 0. The summed E-state index contributed by atoms with van der Waals surface area (Å²) in [6, 6.07) is 8.15. The van der Waals surface area contributed by atoms with Gasteiger partial charge in [0.05, 0.1) is 6.54 Å². The molecule has 0 aromatic heterocycles. The van der Waals surface area contributed by atoms with Crippen LogP contribution in [0.15, 0.2) is 29.3 Å². The highest BCUT2D eigenvalue weighted by Gasteiger charge is 2.19. The van der Waals surface area contributed by atoms with E-state index in [1.165, 1.54) is 0 Å². The summed E-state index contributed by atoms with van der Waals surface area (Å²) in [5.41, 5.74) is 2.09. The highest BCUT2D eigenvalue weighted by atomic mass is 16.3. The second-order valence-electron chi connectivity index (χ2n) is 8.25. The van der Waals surface area contributed by atoms with Crippen molar-refractivity contribution in [3.63, 3.8) is 0 Å². The molecule has 1 aliphatic rings. The molecule has 1 aromatic rings.